The predicted molar refractivity (Wildman–Crippen MR) is 50.9 cm³/mol. The lowest BCUT2D eigenvalue weighted by Gasteiger charge is -2.31. The molecule has 0 amide bonds. The van der Waals surface area contributed by atoms with E-state index in [0.717, 1.165) is 0 Å². The summed E-state index contributed by atoms with van der Waals surface area (Å²) in [5.74, 6) is 1.26. The monoisotopic (exact) mass is 170 g/mol. The van der Waals surface area contributed by atoms with E-state index in [0.29, 0.717) is 11.8 Å². The van der Waals surface area contributed by atoms with Gasteiger partial charge in [0.05, 0.1) is 0 Å². The fourth-order valence-corrected chi connectivity index (χ4v) is 1.61. The summed E-state index contributed by atoms with van der Waals surface area (Å²) in [6.07, 6.45) is 6.66. The first-order valence-corrected chi connectivity index (χ1v) is 4.55. The van der Waals surface area contributed by atoms with Gasteiger partial charge in [-0.2, -0.15) is 0 Å². The van der Waals surface area contributed by atoms with E-state index in [1.54, 1.807) is 0 Å². The van der Waals surface area contributed by atoms with Crippen LogP contribution in [0.4, 0.5) is 0 Å². The lowest BCUT2D eigenvalue weighted by Crippen LogP contribution is -2.25. The smallest absolute Gasteiger partial charge is 0.0317 e. The molecule has 0 saturated carbocycles. The Morgan fingerprint density at radius 3 is 2.73 bits per heavy atom. The Hall–Kier alpha value is -0.230. The first kappa shape index (κ1) is 8.86. The SMILES string of the molecule is CC1=CC(C)C(C)(CCl)C=C1. The number of alkyl halides is 1. The molecule has 0 saturated heterocycles. The van der Waals surface area contributed by atoms with Gasteiger partial charge in [0.2, 0.25) is 0 Å². The van der Waals surface area contributed by atoms with Crippen molar-refractivity contribution in [3.8, 4) is 0 Å². The van der Waals surface area contributed by atoms with Gasteiger partial charge in [-0.25, -0.2) is 0 Å². The number of halogens is 1. The molecule has 2 unspecified atom stereocenters. The highest BCUT2D eigenvalue weighted by molar-refractivity contribution is 6.18. The first-order chi connectivity index (χ1) is 5.08. The Kier molecular flexibility index (Phi) is 2.43. The standard InChI is InChI=1S/C10H15Cl/c1-8-4-5-10(3,7-11)9(2)6-8/h4-6,9H,7H2,1-3H3. The molecule has 0 N–H and O–H groups in total. The Bertz CT molecular complexity index is 203. The van der Waals surface area contributed by atoms with Crippen molar-refractivity contribution in [2.75, 3.05) is 5.88 Å². The van der Waals surface area contributed by atoms with Crippen LogP contribution in [0.2, 0.25) is 0 Å². The van der Waals surface area contributed by atoms with Gasteiger partial charge in [0, 0.05) is 11.3 Å². The van der Waals surface area contributed by atoms with Crippen molar-refractivity contribution in [3.63, 3.8) is 0 Å². The van der Waals surface area contributed by atoms with E-state index in [9.17, 15) is 0 Å². The maximum absolute atomic E-state index is 5.88. The van der Waals surface area contributed by atoms with E-state index in [1.165, 1.54) is 5.57 Å². The van der Waals surface area contributed by atoms with E-state index in [2.05, 4.69) is 39.0 Å². The van der Waals surface area contributed by atoms with Crippen molar-refractivity contribution in [3.05, 3.63) is 23.8 Å². The molecular weight excluding hydrogens is 156 g/mol. The number of rotatable bonds is 1. The van der Waals surface area contributed by atoms with Crippen LogP contribution < -0.4 is 0 Å². The van der Waals surface area contributed by atoms with Gasteiger partial charge >= 0.3 is 0 Å². The summed E-state index contributed by atoms with van der Waals surface area (Å²) in [5, 5.41) is 0. The van der Waals surface area contributed by atoms with Gasteiger partial charge in [-0.1, -0.05) is 37.6 Å². The van der Waals surface area contributed by atoms with Crippen molar-refractivity contribution in [2.24, 2.45) is 11.3 Å². The molecule has 0 aliphatic heterocycles. The second kappa shape index (κ2) is 3.02. The molecule has 1 rings (SSSR count). The Morgan fingerprint density at radius 1 is 1.64 bits per heavy atom. The van der Waals surface area contributed by atoms with Gasteiger partial charge in [0.15, 0.2) is 0 Å². The zero-order valence-electron chi connectivity index (χ0n) is 7.39. The molecule has 0 aromatic carbocycles. The zero-order chi connectivity index (χ0) is 8.48. The molecule has 0 aromatic rings. The fourth-order valence-electron chi connectivity index (χ4n) is 1.28. The predicted octanol–water partition coefficient (Wildman–Crippen LogP) is 3.38. The summed E-state index contributed by atoms with van der Waals surface area (Å²) in [6.45, 7) is 6.54. The van der Waals surface area contributed by atoms with Gasteiger partial charge in [0.25, 0.3) is 0 Å². The van der Waals surface area contributed by atoms with Crippen LogP contribution in [0.25, 0.3) is 0 Å². The number of allylic oxidation sites excluding steroid dienone is 4. The minimum atomic E-state index is 0.168. The molecule has 1 aliphatic rings. The summed E-state index contributed by atoms with van der Waals surface area (Å²) in [4.78, 5) is 0. The van der Waals surface area contributed by atoms with Crippen LogP contribution in [0.3, 0.4) is 0 Å². The van der Waals surface area contributed by atoms with E-state index < -0.39 is 0 Å². The maximum atomic E-state index is 5.88. The van der Waals surface area contributed by atoms with Crippen LogP contribution in [0.1, 0.15) is 20.8 Å². The Labute approximate surface area is 73.9 Å². The lowest BCUT2D eigenvalue weighted by atomic mass is 9.76. The van der Waals surface area contributed by atoms with E-state index in [4.69, 9.17) is 11.6 Å². The van der Waals surface area contributed by atoms with Gasteiger partial charge in [-0.15, -0.1) is 11.6 Å². The van der Waals surface area contributed by atoms with Crippen LogP contribution in [0.5, 0.6) is 0 Å². The highest BCUT2D eigenvalue weighted by Gasteiger charge is 2.27. The van der Waals surface area contributed by atoms with Crippen LogP contribution in [0.15, 0.2) is 23.8 Å². The lowest BCUT2D eigenvalue weighted by molar-refractivity contribution is 0.368. The highest BCUT2D eigenvalue weighted by Crippen LogP contribution is 2.35. The third kappa shape index (κ3) is 1.67. The van der Waals surface area contributed by atoms with Crippen LogP contribution in [-0.4, -0.2) is 5.88 Å². The van der Waals surface area contributed by atoms with Crippen LogP contribution in [-0.2, 0) is 0 Å². The van der Waals surface area contributed by atoms with Gasteiger partial charge < -0.3 is 0 Å². The maximum Gasteiger partial charge on any atom is 0.0317 e. The molecule has 0 aromatic heterocycles. The molecule has 1 aliphatic carbocycles. The molecular formula is C10H15Cl. The summed E-state index contributed by atoms with van der Waals surface area (Å²) in [6, 6.07) is 0. The quantitative estimate of drug-likeness (QED) is 0.530. The van der Waals surface area contributed by atoms with Gasteiger partial charge in [-0.3, -0.25) is 0 Å². The van der Waals surface area contributed by atoms with E-state index in [1.807, 2.05) is 0 Å². The minimum Gasteiger partial charge on any atom is -0.126 e. The third-order valence-corrected chi connectivity index (χ3v) is 3.14. The largest absolute Gasteiger partial charge is 0.126 e. The molecule has 1 heteroatoms. The van der Waals surface area contributed by atoms with Gasteiger partial charge in [0.1, 0.15) is 0 Å². The summed E-state index contributed by atoms with van der Waals surface area (Å²) < 4.78 is 0. The van der Waals surface area contributed by atoms with Crippen molar-refractivity contribution in [1.82, 2.24) is 0 Å². The normalized spacial score (nSPS) is 37.1. The summed E-state index contributed by atoms with van der Waals surface area (Å²) >= 11 is 5.88. The van der Waals surface area contributed by atoms with Crippen LogP contribution in [0, 0.1) is 11.3 Å². The molecule has 11 heavy (non-hydrogen) atoms. The van der Waals surface area contributed by atoms with E-state index >= 15 is 0 Å². The zero-order valence-corrected chi connectivity index (χ0v) is 8.15. The van der Waals surface area contributed by atoms with Gasteiger partial charge in [-0.05, 0) is 12.8 Å². The van der Waals surface area contributed by atoms with E-state index in [-0.39, 0.29) is 5.41 Å². The Morgan fingerprint density at radius 2 is 2.27 bits per heavy atom. The van der Waals surface area contributed by atoms with Crippen molar-refractivity contribution in [2.45, 2.75) is 20.8 Å². The molecule has 0 heterocycles. The Balaban J connectivity index is 2.84. The molecule has 0 nitrogen and oxygen atoms in total. The topological polar surface area (TPSA) is 0 Å². The van der Waals surface area contributed by atoms with Crippen molar-refractivity contribution < 1.29 is 0 Å². The molecule has 62 valence electrons. The summed E-state index contributed by atoms with van der Waals surface area (Å²) in [5.41, 5.74) is 1.52. The average Bonchev–Trinajstić information content (AvgIpc) is 1.98. The van der Waals surface area contributed by atoms with Crippen LogP contribution >= 0.6 is 11.6 Å². The molecule has 0 fully saturated rings. The summed E-state index contributed by atoms with van der Waals surface area (Å²) in [7, 11) is 0. The van der Waals surface area contributed by atoms with Crippen molar-refractivity contribution >= 4 is 11.6 Å². The number of hydrogen-bond acceptors (Lipinski definition) is 0. The highest BCUT2D eigenvalue weighted by atomic mass is 35.5. The third-order valence-electron chi connectivity index (χ3n) is 2.57. The first-order valence-electron chi connectivity index (χ1n) is 4.02. The molecule has 0 bridgehead atoms. The number of hydrogen-bond donors (Lipinski definition) is 0. The minimum absolute atomic E-state index is 0.168. The molecule has 0 spiro atoms. The molecule has 0 radical (unpaired) electrons. The second-order valence-corrected chi connectivity index (χ2v) is 3.94. The fraction of sp³-hybridized carbons (Fsp3) is 0.600. The molecule has 2 atom stereocenters. The van der Waals surface area contributed by atoms with Crippen molar-refractivity contribution in [1.29, 1.82) is 0 Å². The average molecular weight is 171 g/mol. The second-order valence-electron chi connectivity index (χ2n) is 3.67.